The molecule has 2 rings (SSSR count). The number of hydrogen-bond donors (Lipinski definition) is 3. The lowest BCUT2D eigenvalue weighted by atomic mass is 10.0. The molecule has 3 N–H and O–H groups in total. The molecular weight excluding hydrogens is 273 g/mol. The Morgan fingerprint density at radius 1 is 1.24 bits per heavy atom. The molecule has 0 saturated heterocycles. The lowest BCUT2D eigenvalue weighted by Gasteiger charge is -2.18. The van der Waals surface area contributed by atoms with E-state index in [1.54, 1.807) is 26.0 Å². The van der Waals surface area contributed by atoms with Gasteiger partial charge in [-0.2, -0.15) is 0 Å². The largest absolute Gasteiger partial charge is 0.508 e. The molecule has 5 heteroatoms. The number of carboxylic acid groups (broad SMARTS) is 1. The average molecular weight is 289 g/mol. The maximum absolute atomic E-state index is 13.3. The Kier molecular flexibility index (Phi) is 4.12. The van der Waals surface area contributed by atoms with Crippen molar-refractivity contribution in [2.75, 3.05) is 5.32 Å². The van der Waals surface area contributed by atoms with Crippen LogP contribution >= 0.6 is 0 Å². The Labute approximate surface area is 121 Å². The molecule has 0 bridgehead atoms. The minimum atomic E-state index is -0.986. The van der Waals surface area contributed by atoms with E-state index in [-0.39, 0.29) is 17.4 Å². The smallest absolute Gasteiger partial charge is 0.335 e. The van der Waals surface area contributed by atoms with Gasteiger partial charge in [-0.05, 0) is 55.8 Å². The summed E-state index contributed by atoms with van der Waals surface area (Å²) in [6, 6.07) is 8.16. The molecule has 0 aliphatic heterocycles. The number of aromatic carboxylic acids is 1. The number of carbonyl (C=O) groups is 1. The number of phenolic OH excluding ortho intramolecular Hbond substituents is 1. The van der Waals surface area contributed by atoms with Crippen LogP contribution < -0.4 is 5.32 Å². The van der Waals surface area contributed by atoms with Gasteiger partial charge in [-0.1, -0.05) is 0 Å². The van der Waals surface area contributed by atoms with Gasteiger partial charge in [0, 0.05) is 11.3 Å². The maximum Gasteiger partial charge on any atom is 0.335 e. The maximum atomic E-state index is 13.3. The quantitative estimate of drug-likeness (QED) is 0.802. The second-order valence-corrected chi connectivity index (χ2v) is 4.90. The molecule has 0 aliphatic rings. The van der Waals surface area contributed by atoms with E-state index >= 15 is 0 Å². The first kappa shape index (κ1) is 14.8. The summed E-state index contributed by atoms with van der Waals surface area (Å²) in [7, 11) is 0. The molecule has 4 nitrogen and oxygen atoms in total. The summed E-state index contributed by atoms with van der Waals surface area (Å²) in [5, 5.41) is 21.9. The van der Waals surface area contributed by atoms with E-state index in [4.69, 9.17) is 5.11 Å². The molecule has 0 radical (unpaired) electrons. The average Bonchev–Trinajstić information content (AvgIpc) is 2.43. The van der Waals surface area contributed by atoms with Crippen LogP contribution in [-0.4, -0.2) is 16.2 Å². The summed E-state index contributed by atoms with van der Waals surface area (Å²) in [4.78, 5) is 10.9. The van der Waals surface area contributed by atoms with E-state index in [1.807, 2.05) is 0 Å². The van der Waals surface area contributed by atoms with Crippen molar-refractivity contribution in [3.8, 4) is 5.75 Å². The number of anilines is 1. The van der Waals surface area contributed by atoms with Crippen molar-refractivity contribution in [1.29, 1.82) is 0 Å². The molecule has 0 saturated carbocycles. The van der Waals surface area contributed by atoms with Crippen molar-refractivity contribution in [3.05, 3.63) is 58.9 Å². The molecule has 2 aromatic carbocycles. The first-order valence-electron chi connectivity index (χ1n) is 6.47. The van der Waals surface area contributed by atoms with Crippen LogP contribution in [0.5, 0.6) is 5.75 Å². The lowest BCUT2D eigenvalue weighted by Crippen LogP contribution is -2.09. The fourth-order valence-electron chi connectivity index (χ4n) is 2.14. The number of benzene rings is 2. The SMILES string of the molecule is Cc1cc(C(=O)O)ccc1NC(C)c1cc(F)ccc1O. The van der Waals surface area contributed by atoms with E-state index in [1.165, 1.54) is 24.3 Å². The van der Waals surface area contributed by atoms with Crippen LogP contribution in [-0.2, 0) is 0 Å². The Hall–Kier alpha value is -2.56. The Bertz CT molecular complexity index is 685. The van der Waals surface area contributed by atoms with Crippen LogP contribution in [0.4, 0.5) is 10.1 Å². The highest BCUT2D eigenvalue weighted by Gasteiger charge is 2.13. The Morgan fingerprint density at radius 2 is 1.95 bits per heavy atom. The molecule has 0 aliphatic carbocycles. The van der Waals surface area contributed by atoms with Crippen molar-refractivity contribution in [3.63, 3.8) is 0 Å². The standard InChI is InChI=1S/C16H16FNO3/c1-9-7-11(16(20)21)3-5-14(9)18-10(2)13-8-12(17)4-6-15(13)19/h3-8,10,18-19H,1-2H3,(H,20,21). The number of hydrogen-bond acceptors (Lipinski definition) is 3. The van der Waals surface area contributed by atoms with E-state index in [9.17, 15) is 14.3 Å². The molecule has 1 atom stereocenters. The van der Waals surface area contributed by atoms with E-state index in [0.29, 0.717) is 5.56 Å². The Morgan fingerprint density at radius 3 is 2.57 bits per heavy atom. The van der Waals surface area contributed by atoms with Gasteiger partial charge in [0.15, 0.2) is 0 Å². The molecule has 0 aromatic heterocycles. The number of carboxylic acids is 1. The summed E-state index contributed by atoms with van der Waals surface area (Å²) in [5.74, 6) is -1.40. The highest BCUT2D eigenvalue weighted by Crippen LogP contribution is 2.29. The van der Waals surface area contributed by atoms with Gasteiger partial charge in [0.2, 0.25) is 0 Å². The van der Waals surface area contributed by atoms with Gasteiger partial charge >= 0.3 is 5.97 Å². The van der Waals surface area contributed by atoms with Crippen LogP contribution in [0.2, 0.25) is 0 Å². The van der Waals surface area contributed by atoms with Crippen LogP contribution in [0.3, 0.4) is 0 Å². The molecule has 0 spiro atoms. The topological polar surface area (TPSA) is 69.6 Å². The third-order valence-corrected chi connectivity index (χ3v) is 3.30. The van der Waals surface area contributed by atoms with Gasteiger partial charge in [0.1, 0.15) is 11.6 Å². The third kappa shape index (κ3) is 3.31. The first-order chi connectivity index (χ1) is 9.88. The van der Waals surface area contributed by atoms with Crippen LogP contribution in [0, 0.1) is 12.7 Å². The molecule has 1 unspecified atom stereocenters. The zero-order valence-electron chi connectivity index (χ0n) is 11.7. The second kappa shape index (κ2) is 5.83. The van der Waals surface area contributed by atoms with Crippen molar-refractivity contribution in [2.45, 2.75) is 19.9 Å². The van der Waals surface area contributed by atoms with Gasteiger partial charge in [0.25, 0.3) is 0 Å². The molecule has 21 heavy (non-hydrogen) atoms. The molecule has 110 valence electrons. The summed E-state index contributed by atoms with van der Waals surface area (Å²) < 4.78 is 13.3. The van der Waals surface area contributed by atoms with Gasteiger partial charge in [0.05, 0.1) is 11.6 Å². The predicted molar refractivity (Wildman–Crippen MR) is 78.2 cm³/mol. The monoisotopic (exact) mass is 289 g/mol. The summed E-state index contributed by atoms with van der Waals surface area (Å²) in [5.41, 5.74) is 2.14. The van der Waals surface area contributed by atoms with Crippen molar-refractivity contribution < 1.29 is 19.4 Å². The zero-order valence-corrected chi connectivity index (χ0v) is 11.7. The number of aryl methyl sites for hydroxylation is 1. The molecule has 0 fully saturated rings. The summed E-state index contributed by atoms with van der Waals surface area (Å²) in [6.07, 6.45) is 0. The second-order valence-electron chi connectivity index (χ2n) is 4.90. The van der Waals surface area contributed by atoms with Gasteiger partial charge < -0.3 is 15.5 Å². The zero-order chi connectivity index (χ0) is 15.6. The van der Waals surface area contributed by atoms with E-state index < -0.39 is 11.8 Å². The minimum Gasteiger partial charge on any atom is -0.508 e. The lowest BCUT2D eigenvalue weighted by molar-refractivity contribution is 0.0697. The normalized spacial score (nSPS) is 12.0. The summed E-state index contributed by atoms with van der Waals surface area (Å²) in [6.45, 7) is 3.58. The van der Waals surface area contributed by atoms with Crippen molar-refractivity contribution in [1.82, 2.24) is 0 Å². The van der Waals surface area contributed by atoms with Gasteiger partial charge in [-0.25, -0.2) is 9.18 Å². The number of aromatic hydroxyl groups is 1. The van der Waals surface area contributed by atoms with Crippen molar-refractivity contribution in [2.24, 2.45) is 0 Å². The number of halogens is 1. The highest BCUT2D eigenvalue weighted by molar-refractivity contribution is 5.88. The van der Waals surface area contributed by atoms with Crippen molar-refractivity contribution >= 4 is 11.7 Å². The van der Waals surface area contributed by atoms with E-state index in [2.05, 4.69) is 5.32 Å². The van der Waals surface area contributed by atoms with Crippen LogP contribution in [0.25, 0.3) is 0 Å². The fraction of sp³-hybridized carbons (Fsp3) is 0.188. The van der Waals surface area contributed by atoms with Gasteiger partial charge in [-0.3, -0.25) is 0 Å². The first-order valence-corrected chi connectivity index (χ1v) is 6.47. The highest BCUT2D eigenvalue weighted by atomic mass is 19.1. The summed E-state index contributed by atoms with van der Waals surface area (Å²) >= 11 is 0. The Balaban J connectivity index is 2.25. The predicted octanol–water partition coefficient (Wildman–Crippen LogP) is 3.71. The third-order valence-electron chi connectivity index (χ3n) is 3.30. The van der Waals surface area contributed by atoms with Crippen LogP contribution in [0.1, 0.15) is 34.5 Å². The fourth-order valence-corrected chi connectivity index (χ4v) is 2.14. The minimum absolute atomic E-state index is 0.0104. The molecule has 0 heterocycles. The van der Waals surface area contributed by atoms with E-state index in [0.717, 1.165) is 11.3 Å². The molecule has 2 aromatic rings. The number of phenols is 1. The van der Waals surface area contributed by atoms with Gasteiger partial charge in [-0.15, -0.1) is 0 Å². The molecular formula is C16H16FNO3. The number of nitrogens with one attached hydrogen (secondary N) is 1. The number of rotatable bonds is 4. The van der Waals surface area contributed by atoms with Crippen LogP contribution in [0.15, 0.2) is 36.4 Å². The molecule has 0 amide bonds.